The highest BCUT2D eigenvalue weighted by Crippen LogP contribution is 2.49. The molecule has 0 N–H and O–H groups in total. The fraction of sp³-hybridized carbons (Fsp3) is 0.857. The van der Waals surface area contributed by atoms with Crippen LogP contribution >= 0.6 is 0 Å². The molecule has 0 aromatic rings. The first kappa shape index (κ1) is 16.0. The number of rotatable bonds is 6. The van der Waals surface area contributed by atoms with Gasteiger partial charge in [-0.2, -0.15) is 0 Å². The second kappa shape index (κ2) is 5.78. The molecule has 3 unspecified atom stereocenters. The van der Waals surface area contributed by atoms with Crippen LogP contribution in [0.25, 0.3) is 0 Å². The molecule has 3 heterocycles. The summed E-state index contributed by atoms with van der Waals surface area (Å²) in [6.07, 6.45) is 9.12. The molecule has 0 radical (unpaired) electrons. The molecule has 4 nitrogen and oxygen atoms in total. The predicted octanol–water partition coefficient (Wildman–Crippen LogP) is 1.83. The first-order valence-corrected chi connectivity index (χ1v) is 10.1. The zero-order valence-corrected chi connectivity index (χ0v) is 13.5. The fourth-order valence-corrected chi connectivity index (χ4v) is 8.58. The molecule has 0 aromatic carbocycles. The topological polar surface area (TPSA) is 60.4 Å². The molecule has 0 aliphatic carbocycles. The third-order valence-electron chi connectivity index (χ3n) is 4.19. The molecule has 3 fully saturated rings. The van der Waals surface area contributed by atoms with Crippen molar-refractivity contribution in [1.29, 1.82) is 0 Å². The molecule has 3 aliphatic rings. The van der Waals surface area contributed by atoms with E-state index in [-0.39, 0.29) is 5.75 Å². The average molecular weight is 318 g/mol. The Kier molecular flexibility index (Phi) is 4.63. The van der Waals surface area contributed by atoms with E-state index in [1.807, 2.05) is 6.92 Å². The van der Waals surface area contributed by atoms with Gasteiger partial charge in [-0.3, -0.25) is 4.21 Å². The summed E-state index contributed by atoms with van der Waals surface area (Å²) in [6, 6.07) is 0. The van der Waals surface area contributed by atoms with Gasteiger partial charge in [-0.15, -0.1) is 12.3 Å². The number of hydrogen-bond acceptors (Lipinski definition) is 4. The molecule has 0 amide bonds. The van der Waals surface area contributed by atoms with Gasteiger partial charge in [-0.05, 0) is 19.3 Å². The van der Waals surface area contributed by atoms with Crippen molar-refractivity contribution in [3.05, 3.63) is 0 Å². The lowest BCUT2D eigenvalue weighted by atomic mass is 9.88. The number of terminal acetylenes is 1. The monoisotopic (exact) mass is 318 g/mol. The highest BCUT2D eigenvalue weighted by Gasteiger charge is 2.63. The van der Waals surface area contributed by atoms with E-state index in [1.54, 1.807) is 0 Å². The van der Waals surface area contributed by atoms with Gasteiger partial charge in [0.15, 0.2) is 9.84 Å². The Morgan fingerprint density at radius 3 is 2.65 bits per heavy atom. The first-order valence-electron chi connectivity index (χ1n) is 7.10. The van der Waals surface area contributed by atoms with Gasteiger partial charge < -0.3 is 4.74 Å². The summed E-state index contributed by atoms with van der Waals surface area (Å²) in [4.78, 5) is 0. The smallest absolute Gasteiger partial charge is 0.244 e. The maximum Gasteiger partial charge on any atom is 0.244 e. The van der Waals surface area contributed by atoms with Crippen LogP contribution in [0.4, 0.5) is 0 Å². The van der Waals surface area contributed by atoms with Gasteiger partial charge in [0.05, 0.1) is 23.2 Å². The minimum Gasteiger partial charge on any atom is -0.348 e. The van der Waals surface area contributed by atoms with E-state index in [2.05, 4.69) is 5.92 Å². The summed E-state index contributed by atoms with van der Waals surface area (Å²) in [5, 5.41) is 0. The van der Waals surface area contributed by atoms with Crippen molar-refractivity contribution >= 4 is 20.6 Å². The molecule has 3 atom stereocenters. The quantitative estimate of drug-likeness (QED) is 0.554. The summed E-state index contributed by atoms with van der Waals surface area (Å²) < 4.78 is 41.9. The van der Waals surface area contributed by atoms with Crippen LogP contribution in [0.5, 0.6) is 0 Å². The van der Waals surface area contributed by atoms with Gasteiger partial charge >= 0.3 is 0 Å². The van der Waals surface area contributed by atoms with Crippen molar-refractivity contribution in [1.82, 2.24) is 0 Å². The van der Waals surface area contributed by atoms with Crippen LogP contribution < -0.4 is 0 Å². The largest absolute Gasteiger partial charge is 0.348 e. The van der Waals surface area contributed by atoms with Crippen LogP contribution in [0.3, 0.4) is 0 Å². The minimum atomic E-state index is -3.48. The second-order valence-electron chi connectivity index (χ2n) is 5.88. The Balaban J connectivity index is 2.19. The van der Waals surface area contributed by atoms with E-state index in [0.717, 1.165) is 19.3 Å². The van der Waals surface area contributed by atoms with Crippen molar-refractivity contribution < 1.29 is 17.4 Å². The fourth-order valence-electron chi connectivity index (χ4n) is 3.24. The van der Waals surface area contributed by atoms with Gasteiger partial charge in [-0.25, -0.2) is 8.42 Å². The molecule has 3 aliphatic heterocycles. The van der Waals surface area contributed by atoms with E-state index in [0.29, 0.717) is 31.6 Å². The Morgan fingerprint density at radius 2 is 2.10 bits per heavy atom. The number of ether oxygens (including phenoxy) is 1. The lowest BCUT2D eigenvalue weighted by Gasteiger charge is -2.51. The molecule has 114 valence electrons. The van der Waals surface area contributed by atoms with Crippen molar-refractivity contribution in [2.45, 2.75) is 49.7 Å². The number of unbranched alkanes of at least 4 members (excludes halogenated alkanes) is 2. The van der Waals surface area contributed by atoms with Crippen molar-refractivity contribution in [3.63, 3.8) is 0 Å². The molecule has 0 spiro atoms. The number of fused-ring (bicyclic) bond motifs is 3. The van der Waals surface area contributed by atoms with E-state index in [1.165, 1.54) is 0 Å². The van der Waals surface area contributed by atoms with E-state index in [4.69, 9.17) is 11.2 Å². The number of sulfone groups is 1. The Bertz CT molecular complexity index is 534. The summed E-state index contributed by atoms with van der Waals surface area (Å²) >= 11 is 0. The zero-order chi connectivity index (χ0) is 14.9. The number of hydrogen-bond donors (Lipinski definition) is 0. The summed E-state index contributed by atoms with van der Waals surface area (Å²) in [7, 11) is -4.94. The van der Waals surface area contributed by atoms with Crippen LogP contribution in [0, 0.1) is 17.8 Å². The zero-order valence-electron chi connectivity index (χ0n) is 11.9. The van der Waals surface area contributed by atoms with Gasteiger partial charge in [0.2, 0.25) is 4.27 Å². The summed E-state index contributed by atoms with van der Waals surface area (Å²) in [6.45, 7) is 2.43. The molecule has 3 rings (SSSR count). The molecule has 2 bridgehead atoms. The van der Waals surface area contributed by atoms with E-state index in [9.17, 15) is 12.6 Å². The maximum atomic E-state index is 12.6. The second-order valence-corrected chi connectivity index (χ2v) is 9.96. The van der Waals surface area contributed by atoms with Gasteiger partial charge in [0.1, 0.15) is 0 Å². The SMILES string of the molecule is C#CCCCCC12OCC(CCC)(CS1=O)CS2(=O)=O. The average Bonchev–Trinajstić information content (AvgIpc) is 2.35. The third-order valence-corrected chi connectivity index (χ3v) is 9.66. The van der Waals surface area contributed by atoms with Crippen LogP contribution in [0.15, 0.2) is 0 Å². The molecule has 0 saturated carbocycles. The minimum absolute atomic E-state index is 0.120. The molecule has 0 aromatic heterocycles. The highest BCUT2D eigenvalue weighted by atomic mass is 32.3. The van der Waals surface area contributed by atoms with Gasteiger partial charge in [0, 0.05) is 24.0 Å². The summed E-state index contributed by atoms with van der Waals surface area (Å²) in [5.41, 5.74) is -0.432. The van der Waals surface area contributed by atoms with Crippen LogP contribution in [0.1, 0.15) is 45.4 Å². The standard InChI is InChI=1S/C14H22O4S2/c1-3-5-6-7-9-14-18-10-13(8-4-2,11-19(14)15)12-20(14,16)17/h1H,4-12H2,2H3. The third kappa shape index (κ3) is 2.56. The van der Waals surface area contributed by atoms with Gasteiger partial charge in [0.25, 0.3) is 0 Å². The molecular formula is C14H22O4S2. The maximum absolute atomic E-state index is 12.6. The van der Waals surface area contributed by atoms with Crippen molar-refractivity contribution in [2.75, 3.05) is 18.1 Å². The van der Waals surface area contributed by atoms with Crippen LogP contribution in [0.2, 0.25) is 0 Å². The van der Waals surface area contributed by atoms with Crippen molar-refractivity contribution in [3.8, 4) is 12.3 Å². The predicted molar refractivity (Wildman–Crippen MR) is 80.1 cm³/mol. The Morgan fingerprint density at radius 1 is 1.35 bits per heavy atom. The van der Waals surface area contributed by atoms with Crippen LogP contribution in [-0.2, 0) is 25.4 Å². The van der Waals surface area contributed by atoms with E-state index < -0.39 is 30.3 Å². The molecule has 6 heteroatoms. The Hall–Kier alpha value is -0.380. The lowest BCUT2D eigenvalue weighted by molar-refractivity contribution is -0.0134. The summed E-state index contributed by atoms with van der Waals surface area (Å²) in [5.74, 6) is 3.11. The molecule has 20 heavy (non-hydrogen) atoms. The molecule has 3 saturated heterocycles. The van der Waals surface area contributed by atoms with Crippen molar-refractivity contribution in [2.24, 2.45) is 5.41 Å². The lowest BCUT2D eigenvalue weighted by Crippen LogP contribution is -2.65. The Labute approximate surface area is 124 Å². The normalized spacial score (nSPS) is 38.5. The van der Waals surface area contributed by atoms with E-state index >= 15 is 0 Å². The van der Waals surface area contributed by atoms with Crippen LogP contribution in [-0.4, -0.2) is 35.0 Å². The highest BCUT2D eigenvalue weighted by molar-refractivity contribution is 8.08. The van der Waals surface area contributed by atoms with Gasteiger partial charge in [-0.1, -0.05) is 13.3 Å². The first-order chi connectivity index (χ1) is 9.41. The molecular weight excluding hydrogens is 296 g/mol.